The van der Waals surface area contributed by atoms with E-state index in [4.69, 9.17) is 4.74 Å². The van der Waals surface area contributed by atoms with Crippen molar-refractivity contribution in [1.29, 1.82) is 0 Å². The van der Waals surface area contributed by atoms with E-state index in [1.807, 2.05) is 0 Å². The summed E-state index contributed by atoms with van der Waals surface area (Å²) in [5.74, 6) is -0.107. The number of hydrogen-bond donors (Lipinski definition) is 2. The van der Waals surface area contributed by atoms with E-state index in [-0.39, 0.29) is 31.0 Å². The number of aliphatic imine (C=N–C) groups is 1. The lowest BCUT2D eigenvalue weighted by Gasteiger charge is -2.19. The van der Waals surface area contributed by atoms with Gasteiger partial charge in [0, 0.05) is 27.2 Å². The van der Waals surface area contributed by atoms with Crippen molar-refractivity contribution >= 4 is 5.96 Å². The van der Waals surface area contributed by atoms with Crippen LogP contribution in [-0.4, -0.2) is 39.4 Å². The van der Waals surface area contributed by atoms with Gasteiger partial charge in [-0.3, -0.25) is 4.99 Å². The van der Waals surface area contributed by atoms with Crippen molar-refractivity contribution in [3.8, 4) is 0 Å². The normalized spacial score (nSPS) is 13.8. The predicted molar refractivity (Wildman–Crippen MR) is 76.2 cm³/mol. The standard InChI is InChI=1S/C14H19F4N3O/c1-19-13(20-8-7-14(16,17)18)21-9-12(22-2)10-3-5-11(15)6-4-10/h3-6,12H,7-9H2,1-2H3,(H2,19,20,21). The first-order chi connectivity index (χ1) is 10.4. The molecule has 1 aromatic rings. The maximum atomic E-state index is 12.9. The van der Waals surface area contributed by atoms with Crippen molar-refractivity contribution in [3.05, 3.63) is 35.6 Å². The van der Waals surface area contributed by atoms with Gasteiger partial charge >= 0.3 is 6.18 Å². The second-order valence-corrected chi connectivity index (χ2v) is 4.52. The van der Waals surface area contributed by atoms with Crippen LogP contribution in [0.5, 0.6) is 0 Å². The van der Waals surface area contributed by atoms with Gasteiger partial charge in [0.2, 0.25) is 0 Å². The van der Waals surface area contributed by atoms with E-state index in [0.717, 1.165) is 5.56 Å². The van der Waals surface area contributed by atoms with Crippen molar-refractivity contribution in [3.63, 3.8) is 0 Å². The summed E-state index contributed by atoms with van der Waals surface area (Å²) in [5, 5.41) is 5.44. The van der Waals surface area contributed by atoms with Crippen LogP contribution >= 0.6 is 0 Å². The molecular weight excluding hydrogens is 302 g/mol. The van der Waals surface area contributed by atoms with Gasteiger partial charge < -0.3 is 15.4 Å². The SMILES string of the molecule is CN=C(NCCC(F)(F)F)NCC(OC)c1ccc(F)cc1. The molecule has 8 heteroatoms. The zero-order chi connectivity index (χ0) is 16.6. The minimum Gasteiger partial charge on any atom is -0.375 e. The summed E-state index contributed by atoms with van der Waals surface area (Å²) in [5.41, 5.74) is 0.752. The molecule has 0 bridgehead atoms. The lowest BCUT2D eigenvalue weighted by Crippen LogP contribution is -2.40. The Hall–Kier alpha value is -1.83. The highest BCUT2D eigenvalue weighted by atomic mass is 19.4. The molecule has 0 radical (unpaired) electrons. The summed E-state index contributed by atoms with van der Waals surface area (Å²) < 4.78 is 54.4. The summed E-state index contributed by atoms with van der Waals surface area (Å²) in [6.07, 6.45) is -5.53. The Morgan fingerprint density at radius 3 is 2.36 bits per heavy atom. The molecule has 22 heavy (non-hydrogen) atoms. The number of methoxy groups -OCH3 is 1. The minimum atomic E-state index is -4.21. The van der Waals surface area contributed by atoms with Crippen molar-refractivity contribution in [1.82, 2.24) is 10.6 Å². The average Bonchev–Trinajstić information content (AvgIpc) is 2.46. The molecule has 0 aliphatic rings. The Kier molecular flexibility index (Phi) is 7.10. The van der Waals surface area contributed by atoms with Gasteiger partial charge in [-0.15, -0.1) is 0 Å². The van der Waals surface area contributed by atoms with Gasteiger partial charge in [-0.25, -0.2) is 4.39 Å². The van der Waals surface area contributed by atoms with Crippen LogP contribution in [0.3, 0.4) is 0 Å². The quantitative estimate of drug-likeness (QED) is 0.481. The van der Waals surface area contributed by atoms with Gasteiger partial charge in [0.1, 0.15) is 5.82 Å². The van der Waals surface area contributed by atoms with Crippen molar-refractivity contribution < 1.29 is 22.3 Å². The maximum absolute atomic E-state index is 12.9. The zero-order valence-electron chi connectivity index (χ0n) is 12.4. The Labute approximate surface area is 126 Å². The van der Waals surface area contributed by atoms with Crippen LogP contribution in [0.2, 0.25) is 0 Å². The molecule has 0 saturated carbocycles. The van der Waals surface area contributed by atoms with E-state index in [9.17, 15) is 17.6 Å². The van der Waals surface area contributed by atoms with Gasteiger partial charge in [-0.2, -0.15) is 13.2 Å². The van der Waals surface area contributed by atoms with Gasteiger partial charge in [-0.1, -0.05) is 12.1 Å². The smallest absolute Gasteiger partial charge is 0.375 e. The number of rotatable bonds is 6. The lowest BCUT2D eigenvalue weighted by molar-refractivity contribution is -0.132. The molecule has 4 nitrogen and oxygen atoms in total. The van der Waals surface area contributed by atoms with Crippen molar-refractivity contribution in [2.45, 2.75) is 18.7 Å². The monoisotopic (exact) mass is 321 g/mol. The highest BCUT2D eigenvalue weighted by molar-refractivity contribution is 5.79. The van der Waals surface area contributed by atoms with E-state index >= 15 is 0 Å². The van der Waals surface area contributed by atoms with Crippen LogP contribution in [0.4, 0.5) is 17.6 Å². The Balaban J connectivity index is 2.48. The van der Waals surface area contributed by atoms with Crippen molar-refractivity contribution in [2.75, 3.05) is 27.2 Å². The van der Waals surface area contributed by atoms with E-state index < -0.39 is 12.6 Å². The molecule has 0 saturated heterocycles. The van der Waals surface area contributed by atoms with Gasteiger partial charge in [-0.05, 0) is 17.7 Å². The third-order valence-corrected chi connectivity index (χ3v) is 2.91. The third kappa shape index (κ3) is 6.75. The number of alkyl halides is 3. The van der Waals surface area contributed by atoms with Crippen LogP contribution < -0.4 is 10.6 Å². The second-order valence-electron chi connectivity index (χ2n) is 4.52. The van der Waals surface area contributed by atoms with E-state index in [0.29, 0.717) is 0 Å². The molecule has 0 fully saturated rings. The molecule has 0 aromatic heterocycles. The molecule has 0 spiro atoms. The first-order valence-electron chi connectivity index (χ1n) is 6.65. The van der Waals surface area contributed by atoms with E-state index in [2.05, 4.69) is 15.6 Å². The highest BCUT2D eigenvalue weighted by Crippen LogP contribution is 2.18. The first-order valence-corrected chi connectivity index (χ1v) is 6.65. The summed E-state index contributed by atoms with van der Waals surface area (Å²) in [4.78, 5) is 3.83. The lowest BCUT2D eigenvalue weighted by atomic mass is 10.1. The zero-order valence-corrected chi connectivity index (χ0v) is 12.4. The average molecular weight is 321 g/mol. The highest BCUT2D eigenvalue weighted by Gasteiger charge is 2.26. The molecule has 0 heterocycles. The number of hydrogen-bond acceptors (Lipinski definition) is 2. The molecule has 1 unspecified atom stereocenters. The van der Waals surface area contributed by atoms with Gasteiger partial charge in [0.25, 0.3) is 0 Å². The first kappa shape index (κ1) is 18.2. The number of guanidine groups is 1. The number of halogens is 4. The van der Waals surface area contributed by atoms with E-state index in [1.165, 1.54) is 26.3 Å². The fourth-order valence-corrected chi connectivity index (χ4v) is 1.75. The van der Waals surface area contributed by atoms with Crippen LogP contribution in [0.15, 0.2) is 29.3 Å². The van der Waals surface area contributed by atoms with Gasteiger partial charge in [0.05, 0.1) is 12.5 Å². The fraction of sp³-hybridized carbons (Fsp3) is 0.500. The number of nitrogens with zero attached hydrogens (tertiary/aromatic N) is 1. The molecule has 0 aliphatic carbocycles. The Bertz CT molecular complexity index is 474. The van der Waals surface area contributed by atoms with Gasteiger partial charge in [0.15, 0.2) is 5.96 Å². The van der Waals surface area contributed by atoms with E-state index in [1.54, 1.807) is 12.1 Å². The summed E-state index contributed by atoms with van der Waals surface area (Å²) >= 11 is 0. The molecule has 1 atom stereocenters. The summed E-state index contributed by atoms with van der Waals surface area (Å²) in [7, 11) is 2.96. The minimum absolute atomic E-state index is 0.244. The van der Waals surface area contributed by atoms with Crippen LogP contribution in [0, 0.1) is 5.82 Å². The molecule has 0 amide bonds. The summed E-state index contributed by atoms with van der Waals surface area (Å²) in [6.45, 7) is 0.0190. The molecule has 124 valence electrons. The predicted octanol–water partition coefficient (Wildman–Crippen LogP) is 2.63. The fourth-order valence-electron chi connectivity index (χ4n) is 1.75. The van der Waals surface area contributed by atoms with Crippen LogP contribution in [-0.2, 0) is 4.74 Å². The third-order valence-electron chi connectivity index (χ3n) is 2.91. The molecule has 1 aromatic carbocycles. The van der Waals surface area contributed by atoms with Crippen LogP contribution in [0.1, 0.15) is 18.1 Å². The number of benzene rings is 1. The molecule has 2 N–H and O–H groups in total. The Morgan fingerprint density at radius 1 is 1.23 bits per heavy atom. The molecular formula is C14H19F4N3O. The maximum Gasteiger partial charge on any atom is 0.390 e. The van der Waals surface area contributed by atoms with Crippen molar-refractivity contribution in [2.24, 2.45) is 4.99 Å². The number of nitrogens with one attached hydrogen (secondary N) is 2. The number of ether oxygens (including phenoxy) is 1. The molecule has 0 aliphatic heterocycles. The Morgan fingerprint density at radius 2 is 1.86 bits per heavy atom. The topological polar surface area (TPSA) is 45.7 Å². The molecule has 1 rings (SSSR count). The second kappa shape index (κ2) is 8.57. The summed E-state index contributed by atoms with van der Waals surface area (Å²) in [6, 6.07) is 5.81. The largest absolute Gasteiger partial charge is 0.390 e. The van der Waals surface area contributed by atoms with Crippen LogP contribution in [0.25, 0.3) is 0 Å².